The van der Waals surface area contributed by atoms with Gasteiger partial charge in [-0.3, -0.25) is 4.79 Å². The zero-order valence-electron chi connectivity index (χ0n) is 21.8. The predicted octanol–water partition coefficient (Wildman–Crippen LogP) is 7.87. The molecule has 3 nitrogen and oxygen atoms in total. The molecule has 0 amide bonds. The van der Waals surface area contributed by atoms with Gasteiger partial charge in [0, 0.05) is 27.7 Å². The molecule has 3 heteroatoms. The first-order valence-corrected chi connectivity index (χ1v) is 12.2. The number of rotatable bonds is 2. The number of aromatic nitrogens is 1. The van der Waals surface area contributed by atoms with Crippen LogP contribution in [0.4, 0.5) is 0 Å². The second-order valence-electron chi connectivity index (χ2n) is 12.4. The topological polar surface area (TPSA) is 50.2 Å². The number of Topliss-reactive ketones (excluding diaryl/α,β-unsaturated/α-hetero) is 1. The molecule has 1 N–H and O–H groups in total. The van der Waals surface area contributed by atoms with Crippen LogP contribution in [-0.4, -0.2) is 15.9 Å². The molecule has 0 fully saturated rings. The highest BCUT2D eigenvalue weighted by Crippen LogP contribution is 2.42. The molecule has 0 spiro atoms. The zero-order chi connectivity index (χ0) is 25.1. The molecular weight excluding hydrogens is 418 g/mol. The quantitative estimate of drug-likeness (QED) is 0.428. The van der Waals surface area contributed by atoms with Crippen molar-refractivity contribution in [3.8, 4) is 28.3 Å². The minimum absolute atomic E-state index is 0.0638. The van der Waals surface area contributed by atoms with E-state index < -0.39 is 0 Å². The number of nitrogens with zero attached hydrogens (tertiary/aromatic N) is 1. The van der Waals surface area contributed by atoms with Gasteiger partial charge >= 0.3 is 0 Å². The van der Waals surface area contributed by atoms with E-state index in [9.17, 15) is 9.90 Å². The molecule has 0 saturated heterocycles. The Labute approximate surface area is 204 Å². The van der Waals surface area contributed by atoms with Crippen LogP contribution in [0.3, 0.4) is 0 Å². The number of carbonyl (C=O) groups is 1. The number of benzene rings is 2. The maximum Gasteiger partial charge on any atom is 0.168 e. The van der Waals surface area contributed by atoms with Crippen LogP contribution in [-0.2, 0) is 17.3 Å². The maximum atomic E-state index is 13.1. The lowest BCUT2D eigenvalue weighted by Gasteiger charge is -2.29. The fourth-order valence-corrected chi connectivity index (χ4v) is 4.67. The second-order valence-corrected chi connectivity index (χ2v) is 12.4. The van der Waals surface area contributed by atoms with Crippen molar-refractivity contribution in [1.29, 1.82) is 0 Å². The number of fused-ring (bicyclic) bond motifs is 1. The number of aryl methyl sites for hydroxylation is 1. The van der Waals surface area contributed by atoms with E-state index in [1.165, 1.54) is 5.56 Å². The summed E-state index contributed by atoms with van der Waals surface area (Å²) in [7, 11) is 0. The summed E-state index contributed by atoms with van der Waals surface area (Å²) in [5.74, 6) is 0.490. The molecule has 2 aromatic carbocycles. The summed E-state index contributed by atoms with van der Waals surface area (Å²) in [4.78, 5) is 18.0. The molecule has 3 aromatic rings. The van der Waals surface area contributed by atoms with Crippen molar-refractivity contribution >= 4 is 5.78 Å². The van der Waals surface area contributed by atoms with Crippen molar-refractivity contribution < 1.29 is 9.90 Å². The van der Waals surface area contributed by atoms with Gasteiger partial charge in [0.2, 0.25) is 0 Å². The summed E-state index contributed by atoms with van der Waals surface area (Å²) in [5.41, 5.74) is 6.62. The number of hydrogen-bond acceptors (Lipinski definition) is 3. The van der Waals surface area contributed by atoms with Gasteiger partial charge in [0.05, 0.1) is 11.4 Å². The Balaban J connectivity index is 1.85. The number of hydrogen-bond donors (Lipinski definition) is 1. The third kappa shape index (κ3) is 4.41. The summed E-state index contributed by atoms with van der Waals surface area (Å²) < 4.78 is 0. The molecule has 0 unspecified atom stereocenters. The maximum absolute atomic E-state index is 13.1. The molecule has 1 aromatic heterocycles. The average Bonchev–Trinajstić information content (AvgIpc) is 2.75. The van der Waals surface area contributed by atoms with Gasteiger partial charge in [-0.1, -0.05) is 79.7 Å². The molecule has 1 heterocycles. The van der Waals surface area contributed by atoms with Crippen molar-refractivity contribution in [2.24, 2.45) is 5.41 Å². The molecule has 178 valence electrons. The standard InChI is InChI=1S/C31H37NO2/c1-29(2,3)21-17-23(27(33)24(18-21)30(4,5)6)26-11-9-10-25(32-26)20-13-12-19-14-15-31(7,8)28(34)22(19)16-20/h9-13,16-18,33H,14-15H2,1-8H3. The molecule has 4 rings (SSSR count). The van der Waals surface area contributed by atoms with E-state index in [1.54, 1.807) is 0 Å². The molecule has 1 aliphatic carbocycles. The van der Waals surface area contributed by atoms with Gasteiger partial charge in [0.25, 0.3) is 0 Å². The number of carbonyl (C=O) groups excluding carboxylic acids is 1. The van der Waals surface area contributed by atoms with Gasteiger partial charge in [-0.05, 0) is 59.1 Å². The summed E-state index contributed by atoms with van der Waals surface area (Å²) in [5, 5.41) is 11.3. The van der Waals surface area contributed by atoms with E-state index in [-0.39, 0.29) is 27.8 Å². The van der Waals surface area contributed by atoms with Crippen molar-refractivity contribution in [3.63, 3.8) is 0 Å². The number of phenolic OH excluding ortho intramolecular Hbond substituents is 1. The Morgan fingerprint density at radius 3 is 2.18 bits per heavy atom. The van der Waals surface area contributed by atoms with Gasteiger partial charge in [-0.25, -0.2) is 4.98 Å². The first-order chi connectivity index (χ1) is 15.7. The number of phenols is 1. The summed E-state index contributed by atoms with van der Waals surface area (Å²) in [6.45, 7) is 17.0. The van der Waals surface area contributed by atoms with Gasteiger partial charge in [0.1, 0.15) is 5.75 Å². The van der Waals surface area contributed by atoms with E-state index in [2.05, 4.69) is 65.8 Å². The van der Waals surface area contributed by atoms with Gasteiger partial charge < -0.3 is 5.11 Å². The molecule has 34 heavy (non-hydrogen) atoms. The Hall–Kier alpha value is -2.94. The van der Waals surface area contributed by atoms with E-state index in [0.29, 0.717) is 0 Å². The number of pyridine rings is 1. The summed E-state index contributed by atoms with van der Waals surface area (Å²) >= 11 is 0. The van der Waals surface area contributed by atoms with Crippen LogP contribution in [0.5, 0.6) is 5.75 Å². The van der Waals surface area contributed by atoms with E-state index >= 15 is 0 Å². The normalized spacial score (nSPS) is 15.8. The van der Waals surface area contributed by atoms with Crippen molar-refractivity contribution in [2.45, 2.75) is 79.1 Å². The van der Waals surface area contributed by atoms with Crippen LogP contribution in [0.2, 0.25) is 0 Å². The van der Waals surface area contributed by atoms with Gasteiger partial charge in [-0.15, -0.1) is 0 Å². The Kier molecular flexibility index (Phi) is 5.75. The second kappa shape index (κ2) is 8.08. The fourth-order valence-electron chi connectivity index (χ4n) is 4.67. The predicted molar refractivity (Wildman–Crippen MR) is 141 cm³/mol. The average molecular weight is 456 g/mol. The molecule has 0 atom stereocenters. The zero-order valence-corrected chi connectivity index (χ0v) is 21.8. The third-order valence-corrected chi connectivity index (χ3v) is 7.09. The molecule has 1 aliphatic rings. The lowest BCUT2D eigenvalue weighted by atomic mass is 9.73. The van der Waals surface area contributed by atoms with E-state index in [0.717, 1.165) is 52.0 Å². The van der Waals surface area contributed by atoms with Crippen LogP contribution in [0, 0.1) is 5.41 Å². The van der Waals surface area contributed by atoms with Crippen LogP contribution in [0.25, 0.3) is 22.5 Å². The Morgan fingerprint density at radius 1 is 0.853 bits per heavy atom. The van der Waals surface area contributed by atoms with Crippen molar-refractivity contribution in [1.82, 2.24) is 4.98 Å². The number of aromatic hydroxyl groups is 1. The van der Waals surface area contributed by atoms with Crippen LogP contribution < -0.4 is 0 Å². The summed E-state index contributed by atoms with van der Waals surface area (Å²) in [6.07, 6.45) is 1.80. The first kappa shape index (κ1) is 24.2. The first-order valence-electron chi connectivity index (χ1n) is 12.2. The minimum atomic E-state index is -0.330. The minimum Gasteiger partial charge on any atom is -0.507 e. The van der Waals surface area contributed by atoms with Crippen molar-refractivity contribution in [3.05, 3.63) is 70.8 Å². The highest BCUT2D eigenvalue weighted by molar-refractivity contribution is 6.03. The fraction of sp³-hybridized carbons (Fsp3) is 0.419. The summed E-state index contributed by atoms with van der Waals surface area (Å²) in [6, 6.07) is 16.2. The Bertz CT molecular complexity index is 1270. The highest BCUT2D eigenvalue weighted by atomic mass is 16.3. The largest absolute Gasteiger partial charge is 0.507 e. The molecular formula is C31H37NO2. The molecule has 0 bridgehead atoms. The third-order valence-electron chi connectivity index (χ3n) is 7.09. The molecule has 0 aliphatic heterocycles. The molecule has 0 radical (unpaired) electrons. The van der Waals surface area contributed by atoms with Crippen LogP contribution in [0.1, 0.15) is 88.9 Å². The van der Waals surface area contributed by atoms with Gasteiger partial charge in [0.15, 0.2) is 5.78 Å². The van der Waals surface area contributed by atoms with Crippen LogP contribution >= 0.6 is 0 Å². The van der Waals surface area contributed by atoms with E-state index in [1.807, 2.05) is 38.1 Å². The number of ketones is 1. The smallest absolute Gasteiger partial charge is 0.168 e. The van der Waals surface area contributed by atoms with Gasteiger partial charge in [-0.2, -0.15) is 0 Å². The molecule has 0 saturated carbocycles. The SMILES string of the molecule is CC1(C)CCc2ccc(-c3cccc(-c4cc(C(C)(C)C)cc(C(C)(C)C)c4O)n3)cc2C1=O. The van der Waals surface area contributed by atoms with Crippen LogP contribution in [0.15, 0.2) is 48.5 Å². The lowest BCUT2D eigenvalue weighted by molar-refractivity contribution is 0.0811. The monoisotopic (exact) mass is 455 g/mol. The Morgan fingerprint density at radius 2 is 1.53 bits per heavy atom. The van der Waals surface area contributed by atoms with Crippen molar-refractivity contribution in [2.75, 3.05) is 0 Å². The highest BCUT2D eigenvalue weighted by Gasteiger charge is 2.34. The lowest BCUT2D eigenvalue weighted by Crippen LogP contribution is -2.30. The van der Waals surface area contributed by atoms with E-state index in [4.69, 9.17) is 4.98 Å².